The van der Waals surface area contributed by atoms with E-state index in [9.17, 15) is 14.0 Å². The number of hydrogen-bond donors (Lipinski definition) is 1. The Hall–Kier alpha value is -3.64. The smallest absolute Gasteiger partial charge is 0.256 e. The molecule has 1 N–H and O–H groups in total. The summed E-state index contributed by atoms with van der Waals surface area (Å²) in [4.78, 5) is 29.2. The second kappa shape index (κ2) is 11.4. The molecule has 4 rings (SSSR count). The lowest BCUT2D eigenvalue weighted by molar-refractivity contribution is -0.111. The predicted octanol–water partition coefficient (Wildman–Crippen LogP) is 6.22. The average Bonchev–Trinajstić information content (AvgIpc) is 2.88. The second-order valence-corrected chi connectivity index (χ2v) is 9.50. The van der Waals surface area contributed by atoms with Gasteiger partial charge in [0.2, 0.25) is 5.91 Å². The maximum atomic E-state index is 14.1. The minimum absolute atomic E-state index is 0.0797. The van der Waals surface area contributed by atoms with Gasteiger partial charge in [0.05, 0.1) is 16.9 Å². The second-order valence-electron chi connectivity index (χ2n) is 9.06. The minimum Gasteiger partial charge on any atom is -0.366 e. The van der Waals surface area contributed by atoms with E-state index < -0.39 is 5.82 Å². The van der Waals surface area contributed by atoms with Crippen molar-refractivity contribution in [3.05, 3.63) is 100 Å². The van der Waals surface area contributed by atoms with Crippen molar-refractivity contribution in [3.8, 4) is 0 Å². The summed E-state index contributed by atoms with van der Waals surface area (Å²) >= 11 is 6.22. The first-order chi connectivity index (χ1) is 17.3. The maximum absolute atomic E-state index is 14.1. The molecule has 0 saturated carbocycles. The molecule has 0 aromatic heterocycles. The lowest BCUT2D eigenvalue weighted by atomic mass is 10.0. The molecule has 3 aromatic carbocycles. The molecule has 0 radical (unpaired) electrons. The molecule has 1 fully saturated rings. The summed E-state index contributed by atoms with van der Waals surface area (Å²) in [7, 11) is 0. The lowest BCUT2D eigenvalue weighted by Crippen LogP contribution is -2.49. The summed E-state index contributed by atoms with van der Waals surface area (Å²) in [5, 5.41) is 3.44. The molecule has 5 nitrogen and oxygen atoms in total. The number of halogens is 2. The van der Waals surface area contributed by atoms with Crippen LogP contribution in [0, 0.1) is 5.82 Å². The van der Waals surface area contributed by atoms with E-state index in [1.54, 1.807) is 35.2 Å². The Morgan fingerprint density at radius 3 is 2.33 bits per heavy atom. The van der Waals surface area contributed by atoms with Crippen molar-refractivity contribution in [2.24, 2.45) is 0 Å². The van der Waals surface area contributed by atoms with Crippen LogP contribution < -0.4 is 10.2 Å². The highest BCUT2D eigenvalue weighted by atomic mass is 35.5. The zero-order valence-electron chi connectivity index (χ0n) is 20.4. The molecule has 1 aliphatic heterocycles. The number of anilines is 2. The number of nitrogens with zero attached hydrogens (tertiary/aromatic N) is 2. The largest absolute Gasteiger partial charge is 0.366 e. The van der Waals surface area contributed by atoms with Gasteiger partial charge in [0.25, 0.3) is 5.91 Å². The molecule has 0 atom stereocenters. The van der Waals surface area contributed by atoms with E-state index in [-0.39, 0.29) is 17.4 Å². The first-order valence-corrected chi connectivity index (χ1v) is 12.4. The number of rotatable bonds is 6. The molecule has 0 spiro atoms. The third kappa shape index (κ3) is 6.13. The van der Waals surface area contributed by atoms with Gasteiger partial charge in [-0.2, -0.15) is 0 Å². The van der Waals surface area contributed by atoms with Gasteiger partial charge in [-0.25, -0.2) is 4.39 Å². The summed E-state index contributed by atoms with van der Waals surface area (Å²) in [5.41, 5.74) is 3.69. The number of piperazine rings is 1. The van der Waals surface area contributed by atoms with Crippen LogP contribution in [-0.4, -0.2) is 42.9 Å². The van der Waals surface area contributed by atoms with Gasteiger partial charge in [-0.15, -0.1) is 0 Å². The zero-order valence-corrected chi connectivity index (χ0v) is 21.1. The summed E-state index contributed by atoms with van der Waals surface area (Å²) < 4.78 is 14.1. The standard InChI is InChI=1S/C29H29ClFN3O2/c1-20(2)22-10-7-21(8-11-22)9-14-28(35)32-26-19-23(30)12-13-27(26)33-15-17-34(18-16-33)29(36)24-5-3-4-6-25(24)31/h3-14,19-20H,15-18H2,1-2H3,(H,32,35)/b14-9+. The number of amides is 2. The number of carbonyl (C=O) groups excluding carboxylic acids is 2. The molecule has 0 unspecified atom stereocenters. The molecule has 0 aliphatic carbocycles. The van der Waals surface area contributed by atoms with Gasteiger partial charge in [-0.05, 0) is 53.5 Å². The highest BCUT2D eigenvalue weighted by Crippen LogP contribution is 2.30. The molecule has 186 valence electrons. The fourth-order valence-electron chi connectivity index (χ4n) is 4.18. The Morgan fingerprint density at radius 2 is 1.67 bits per heavy atom. The normalized spacial score (nSPS) is 13.9. The fraction of sp³-hybridized carbons (Fsp3) is 0.241. The summed E-state index contributed by atoms with van der Waals surface area (Å²) in [5.74, 6) is -0.646. The topological polar surface area (TPSA) is 52.7 Å². The van der Waals surface area contributed by atoms with E-state index in [1.807, 2.05) is 18.2 Å². The molecule has 1 heterocycles. The molecule has 7 heteroatoms. The van der Waals surface area contributed by atoms with Crippen molar-refractivity contribution in [1.82, 2.24) is 4.90 Å². The molecule has 1 saturated heterocycles. The van der Waals surface area contributed by atoms with Gasteiger partial charge >= 0.3 is 0 Å². The van der Waals surface area contributed by atoms with Crippen molar-refractivity contribution in [2.75, 3.05) is 36.4 Å². The number of nitrogens with one attached hydrogen (secondary N) is 1. The van der Waals surface area contributed by atoms with Gasteiger partial charge in [-0.3, -0.25) is 9.59 Å². The van der Waals surface area contributed by atoms with Crippen LogP contribution in [0.25, 0.3) is 6.08 Å². The Kier molecular flexibility index (Phi) is 8.06. The molecular formula is C29H29ClFN3O2. The molecular weight excluding hydrogens is 477 g/mol. The van der Waals surface area contributed by atoms with Crippen molar-refractivity contribution in [2.45, 2.75) is 19.8 Å². The van der Waals surface area contributed by atoms with E-state index in [2.05, 4.69) is 36.2 Å². The third-order valence-corrected chi connectivity index (χ3v) is 6.49. The maximum Gasteiger partial charge on any atom is 0.256 e. The first-order valence-electron chi connectivity index (χ1n) is 12.0. The number of benzene rings is 3. The Bertz CT molecular complexity index is 1270. The van der Waals surface area contributed by atoms with Crippen molar-refractivity contribution in [1.29, 1.82) is 0 Å². The van der Waals surface area contributed by atoms with Crippen LogP contribution in [0.4, 0.5) is 15.8 Å². The van der Waals surface area contributed by atoms with Crippen molar-refractivity contribution >= 4 is 40.9 Å². The van der Waals surface area contributed by atoms with Gasteiger partial charge < -0.3 is 15.1 Å². The Balaban J connectivity index is 1.41. The van der Waals surface area contributed by atoms with E-state index in [0.717, 1.165) is 11.3 Å². The van der Waals surface area contributed by atoms with Gasteiger partial charge in [0.15, 0.2) is 0 Å². The first kappa shape index (κ1) is 25.5. The molecule has 1 aliphatic rings. The average molecular weight is 506 g/mol. The van der Waals surface area contributed by atoms with Crippen molar-refractivity contribution in [3.63, 3.8) is 0 Å². The monoisotopic (exact) mass is 505 g/mol. The van der Waals surface area contributed by atoms with Gasteiger partial charge in [-0.1, -0.05) is 61.8 Å². The van der Waals surface area contributed by atoms with E-state index in [0.29, 0.717) is 42.8 Å². The minimum atomic E-state index is -0.517. The fourth-order valence-corrected chi connectivity index (χ4v) is 4.35. The summed E-state index contributed by atoms with van der Waals surface area (Å²) in [6, 6.07) is 19.5. The van der Waals surface area contributed by atoms with Crippen molar-refractivity contribution < 1.29 is 14.0 Å². The van der Waals surface area contributed by atoms with E-state index >= 15 is 0 Å². The lowest BCUT2D eigenvalue weighted by Gasteiger charge is -2.37. The Labute approximate surface area is 216 Å². The quantitative estimate of drug-likeness (QED) is 0.405. The summed E-state index contributed by atoms with van der Waals surface area (Å²) in [6.07, 6.45) is 3.27. The van der Waals surface area contributed by atoms with Crippen LogP contribution in [0.5, 0.6) is 0 Å². The van der Waals surface area contributed by atoms with Crippen LogP contribution in [-0.2, 0) is 4.79 Å². The van der Waals surface area contributed by atoms with Crippen LogP contribution in [0.3, 0.4) is 0 Å². The van der Waals surface area contributed by atoms with Crippen LogP contribution in [0.15, 0.2) is 72.8 Å². The highest BCUT2D eigenvalue weighted by Gasteiger charge is 2.25. The molecule has 36 heavy (non-hydrogen) atoms. The SMILES string of the molecule is CC(C)c1ccc(/C=C/C(=O)Nc2cc(Cl)ccc2N2CCN(C(=O)c3ccccc3F)CC2)cc1. The molecule has 3 aromatic rings. The third-order valence-electron chi connectivity index (χ3n) is 6.26. The van der Waals surface area contributed by atoms with E-state index in [1.165, 1.54) is 23.8 Å². The predicted molar refractivity (Wildman–Crippen MR) is 144 cm³/mol. The van der Waals surface area contributed by atoms with Crippen LogP contribution >= 0.6 is 11.6 Å². The number of carbonyl (C=O) groups is 2. The zero-order chi connectivity index (χ0) is 25.7. The van der Waals surface area contributed by atoms with Gasteiger partial charge in [0.1, 0.15) is 5.82 Å². The van der Waals surface area contributed by atoms with Crippen LogP contribution in [0.1, 0.15) is 41.3 Å². The Morgan fingerprint density at radius 1 is 0.972 bits per heavy atom. The van der Waals surface area contributed by atoms with Crippen LogP contribution in [0.2, 0.25) is 5.02 Å². The summed E-state index contributed by atoms with van der Waals surface area (Å²) in [6.45, 7) is 6.25. The highest BCUT2D eigenvalue weighted by molar-refractivity contribution is 6.31. The molecule has 0 bridgehead atoms. The molecule has 2 amide bonds. The number of hydrogen-bond acceptors (Lipinski definition) is 3. The van der Waals surface area contributed by atoms with E-state index in [4.69, 9.17) is 11.6 Å². The van der Waals surface area contributed by atoms with Gasteiger partial charge in [0, 0.05) is 37.3 Å².